The van der Waals surface area contributed by atoms with Gasteiger partial charge in [-0.3, -0.25) is 0 Å². The second-order valence-corrected chi connectivity index (χ2v) is 7.22. The molecule has 0 amide bonds. The summed E-state index contributed by atoms with van der Waals surface area (Å²) >= 11 is 0. The number of primary sulfonamides is 1. The molecule has 1 aromatic rings. The minimum Gasteiger partial charge on any atom is -0.489 e. The predicted octanol–water partition coefficient (Wildman–Crippen LogP) is 2.05. The van der Waals surface area contributed by atoms with E-state index in [1.807, 2.05) is 20.8 Å². The molecule has 1 aliphatic rings. The summed E-state index contributed by atoms with van der Waals surface area (Å²) in [5, 5.41) is 5.22. The van der Waals surface area contributed by atoms with E-state index >= 15 is 0 Å². The largest absolute Gasteiger partial charge is 0.489 e. The van der Waals surface area contributed by atoms with Gasteiger partial charge in [0.15, 0.2) is 0 Å². The molecule has 2 N–H and O–H groups in total. The maximum atomic E-state index is 11.6. The summed E-state index contributed by atoms with van der Waals surface area (Å²) in [5.74, 6) is 0.755. The average molecular weight is 285 g/mol. The maximum Gasteiger partial charge on any atom is 0.241 e. The Hall–Kier alpha value is -1.27. The van der Waals surface area contributed by atoms with Crippen molar-refractivity contribution in [3.63, 3.8) is 0 Å². The van der Waals surface area contributed by atoms with Gasteiger partial charge in [-0.15, -0.1) is 0 Å². The minimum atomic E-state index is -3.83. The van der Waals surface area contributed by atoms with E-state index in [-0.39, 0.29) is 11.0 Å². The van der Waals surface area contributed by atoms with Gasteiger partial charge in [0.2, 0.25) is 10.0 Å². The topological polar surface area (TPSA) is 78.6 Å². The predicted molar refractivity (Wildman–Crippen MR) is 71.8 cm³/mol. The van der Waals surface area contributed by atoms with E-state index in [2.05, 4.69) is 0 Å². The molecule has 1 aliphatic carbocycles. The summed E-state index contributed by atoms with van der Waals surface area (Å²) in [6.45, 7) is 5.66. The number of rotatable bonds is 4. The van der Waals surface area contributed by atoms with Crippen LogP contribution in [0.1, 0.15) is 33.6 Å². The normalized spacial score (nSPS) is 16.2. The fraction of sp³-hybridized carbons (Fsp3) is 0.538. The lowest BCUT2D eigenvalue weighted by Gasteiger charge is -2.22. The summed E-state index contributed by atoms with van der Waals surface area (Å²) in [6, 6.07) is 4.70. The summed E-state index contributed by atoms with van der Waals surface area (Å²) in [6.07, 6.45) is 2.00. The first-order valence-electron chi connectivity index (χ1n) is 6.18. The highest BCUT2D eigenvalue weighted by atomic mass is 32.2. The van der Waals surface area contributed by atoms with Crippen molar-refractivity contribution < 1.29 is 17.9 Å². The molecule has 0 heterocycles. The van der Waals surface area contributed by atoms with Crippen LogP contribution in [0, 0.1) is 0 Å². The molecule has 19 heavy (non-hydrogen) atoms. The second kappa shape index (κ2) is 4.68. The van der Waals surface area contributed by atoms with Crippen LogP contribution < -0.4 is 14.6 Å². The summed E-state index contributed by atoms with van der Waals surface area (Å²) < 4.78 is 34.4. The standard InChI is InChI=1S/C13H19NO4S/c1-13(2,3)18-10-6-7-11(17-9-4-5-9)12(8-10)19(14,15)16/h6-9H,4-5H2,1-3H3,(H2,14,15,16). The van der Waals surface area contributed by atoms with Crippen molar-refractivity contribution in [1.82, 2.24) is 0 Å². The zero-order chi connectivity index (χ0) is 14.3. The summed E-state index contributed by atoms with van der Waals surface area (Å²) in [5.41, 5.74) is -0.408. The lowest BCUT2D eigenvalue weighted by atomic mass is 10.2. The van der Waals surface area contributed by atoms with Gasteiger partial charge in [0.25, 0.3) is 0 Å². The molecule has 0 radical (unpaired) electrons. The van der Waals surface area contributed by atoms with Crippen LogP contribution in [0.5, 0.6) is 11.5 Å². The summed E-state index contributed by atoms with van der Waals surface area (Å²) in [7, 11) is -3.83. The molecule has 0 saturated heterocycles. The number of hydrogen-bond acceptors (Lipinski definition) is 4. The van der Waals surface area contributed by atoms with E-state index < -0.39 is 15.6 Å². The maximum absolute atomic E-state index is 11.6. The van der Waals surface area contributed by atoms with Crippen LogP contribution in [0.25, 0.3) is 0 Å². The molecule has 0 unspecified atom stereocenters. The molecule has 1 saturated carbocycles. The van der Waals surface area contributed by atoms with Crippen molar-refractivity contribution in [2.75, 3.05) is 0 Å². The Morgan fingerprint density at radius 2 is 1.89 bits per heavy atom. The Morgan fingerprint density at radius 1 is 1.26 bits per heavy atom. The van der Waals surface area contributed by atoms with E-state index in [4.69, 9.17) is 14.6 Å². The van der Waals surface area contributed by atoms with Gasteiger partial charge in [0.1, 0.15) is 22.0 Å². The molecule has 6 heteroatoms. The third kappa shape index (κ3) is 4.11. The van der Waals surface area contributed by atoms with Crippen molar-refractivity contribution in [2.45, 2.75) is 50.2 Å². The van der Waals surface area contributed by atoms with Crippen LogP contribution in [0.4, 0.5) is 0 Å². The molecule has 2 rings (SSSR count). The van der Waals surface area contributed by atoms with Gasteiger partial charge in [-0.2, -0.15) is 0 Å². The SMILES string of the molecule is CC(C)(C)Oc1ccc(OC2CC2)c(S(N)(=O)=O)c1. The Labute approximate surface area is 113 Å². The van der Waals surface area contributed by atoms with Crippen molar-refractivity contribution in [2.24, 2.45) is 5.14 Å². The second-order valence-electron chi connectivity index (χ2n) is 5.69. The van der Waals surface area contributed by atoms with Gasteiger partial charge in [-0.05, 0) is 45.7 Å². The third-order valence-corrected chi connectivity index (χ3v) is 3.40. The van der Waals surface area contributed by atoms with Crippen LogP contribution in [-0.4, -0.2) is 20.1 Å². The Bertz CT molecular complexity index is 571. The molecule has 106 valence electrons. The zero-order valence-corrected chi connectivity index (χ0v) is 12.2. The van der Waals surface area contributed by atoms with Crippen LogP contribution in [-0.2, 0) is 10.0 Å². The third-order valence-electron chi connectivity index (χ3n) is 2.46. The lowest BCUT2D eigenvalue weighted by molar-refractivity contribution is 0.130. The minimum absolute atomic E-state index is 0.0267. The molecular weight excluding hydrogens is 266 g/mol. The molecule has 1 fully saturated rings. The molecule has 0 aliphatic heterocycles. The quantitative estimate of drug-likeness (QED) is 0.918. The highest BCUT2D eigenvalue weighted by Gasteiger charge is 2.27. The molecule has 0 atom stereocenters. The molecule has 0 aromatic heterocycles. The van der Waals surface area contributed by atoms with Gasteiger partial charge >= 0.3 is 0 Å². The number of ether oxygens (including phenoxy) is 2. The van der Waals surface area contributed by atoms with Crippen molar-refractivity contribution in [3.05, 3.63) is 18.2 Å². The van der Waals surface area contributed by atoms with Gasteiger partial charge < -0.3 is 9.47 Å². The van der Waals surface area contributed by atoms with Crippen LogP contribution >= 0.6 is 0 Å². The summed E-state index contributed by atoms with van der Waals surface area (Å²) in [4.78, 5) is -0.0267. The average Bonchev–Trinajstić information content (AvgIpc) is 3.00. The van der Waals surface area contributed by atoms with Crippen LogP contribution in [0.15, 0.2) is 23.1 Å². The van der Waals surface area contributed by atoms with Crippen LogP contribution in [0.3, 0.4) is 0 Å². The van der Waals surface area contributed by atoms with Crippen molar-refractivity contribution in [3.8, 4) is 11.5 Å². The van der Waals surface area contributed by atoms with Gasteiger partial charge in [-0.1, -0.05) is 0 Å². The monoisotopic (exact) mass is 285 g/mol. The molecule has 0 spiro atoms. The van der Waals surface area contributed by atoms with Gasteiger partial charge in [0.05, 0.1) is 6.10 Å². The molecular formula is C13H19NO4S. The van der Waals surface area contributed by atoms with Crippen molar-refractivity contribution in [1.29, 1.82) is 0 Å². The van der Waals surface area contributed by atoms with E-state index in [0.717, 1.165) is 12.8 Å². The first-order valence-corrected chi connectivity index (χ1v) is 7.72. The fourth-order valence-electron chi connectivity index (χ4n) is 1.59. The Balaban J connectivity index is 2.35. The first kappa shape index (κ1) is 14.1. The smallest absolute Gasteiger partial charge is 0.241 e. The van der Waals surface area contributed by atoms with Crippen LogP contribution in [0.2, 0.25) is 0 Å². The Kier molecular flexibility index (Phi) is 3.49. The highest BCUT2D eigenvalue weighted by Crippen LogP contribution is 2.34. The Morgan fingerprint density at radius 3 is 2.37 bits per heavy atom. The van der Waals surface area contributed by atoms with E-state index in [1.54, 1.807) is 12.1 Å². The highest BCUT2D eigenvalue weighted by molar-refractivity contribution is 7.89. The fourth-order valence-corrected chi connectivity index (χ4v) is 2.27. The molecule has 1 aromatic carbocycles. The van der Waals surface area contributed by atoms with E-state index in [0.29, 0.717) is 11.5 Å². The van der Waals surface area contributed by atoms with Gasteiger partial charge in [0, 0.05) is 6.07 Å². The lowest BCUT2D eigenvalue weighted by Crippen LogP contribution is -2.23. The van der Waals surface area contributed by atoms with E-state index in [1.165, 1.54) is 6.07 Å². The number of nitrogens with two attached hydrogens (primary N) is 1. The molecule has 5 nitrogen and oxygen atoms in total. The first-order chi connectivity index (χ1) is 8.65. The number of hydrogen-bond donors (Lipinski definition) is 1. The van der Waals surface area contributed by atoms with Gasteiger partial charge in [-0.25, -0.2) is 13.6 Å². The van der Waals surface area contributed by atoms with Crippen molar-refractivity contribution >= 4 is 10.0 Å². The number of sulfonamides is 1. The van der Waals surface area contributed by atoms with E-state index in [9.17, 15) is 8.42 Å². The molecule has 0 bridgehead atoms. The zero-order valence-electron chi connectivity index (χ0n) is 11.3. The number of benzene rings is 1.